The number of thiophene rings is 1. The second kappa shape index (κ2) is 4.08. The summed E-state index contributed by atoms with van der Waals surface area (Å²) < 4.78 is 5.30. The van der Waals surface area contributed by atoms with Crippen LogP contribution in [0.25, 0.3) is 0 Å². The van der Waals surface area contributed by atoms with Crippen molar-refractivity contribution in [1.29, 1.82) is 0 Å². The van der Waals surface area contributed by atoms with E-state index in [1.807, 2.05) is 6.07 Å². The van der Waals surface area contributed by atoms with Gasteiger partial charge in [0.05, 0.1) is 19.3 Å². The number of carboxylic acid groups (broad SMARTS) is 1. The normalized spacial score (nSPS) is 22.1. The fraction of sp³-hybridized carbons (Fsp3) is 0.444. The first-order valence-electron chi connectivity index (χ1n) is 4.41. The molecule has 0 unspecified atom stereocenters. The van der Waals surface area contributed by atoms with E-state index < -0.39 is 5.97 Å². The largest absolute Gasteiger partial charge is 0.477 e. The molecule has 1 aromatic heterocycles. The highest BCUT2D eigenvalue weighted by Crippen LogP contribution is 2.24. The molecule has 1 fully saturated rings. The second-order valence-corrected chi connectivity index (χ2v) is 4.20. The van der Waals surface area contributed by atoms with Gasteiger partial charge < -0.3 is 15.2 Å². The zero-order chi connectivity index (χ0) is 9.97. The number of rotatable bonds is 2. The molecule has 0 aliphatic carbocycles. The average molecular weight is 213 g/mol. The Hall–Kier alpha value is -0.910. The Kier molecular flexibility index (Phi) is 2.81. The molecule has 0 saturated carbocycles. The molecule has 4 nitrogen and oxygen atoms in total. The predicted molar refractivity (Wildman–Crippen MR) is 52.8 cm³/mol. The predicted octanol–water partition coefficient (Wildman–Crippen LogP) is 1.11. The minimum Gasteiger partial charge on any atom is -0.477 e. The summed E-state index contributed by atoms with van der Waals surface area (Å²) >= 11 is 1.31. The summed E-state index contributed by atoms with van der Waals surface area (Å²) in [5, 5.41) is 12.0. The van der Waals surface area contributed by atoms with Crippen molar-refractivity contribution in [2.45, 2.75) is 6.04 Å². The SMILES string of the molecule is O=C(O)c1ccc([C@@H]2COCCN2)s1. The van der Waals surface area contributed by atoms with Crippen LogP contribution in [0, 0.1) is 0 Å². The number of ether oxygens (including phenoxy) is 1. The number of carboxylic acids is 1. The van der Waals surface area contributed by atoms with Crippen molar-refractivity contribution in [2.24, 2.45) is 0 Å². The van der Waals surface area contributed by atoms with E-state index in [1.165, 1.54) is 11.3 Å². The molecule has 2 rings (SSSR count). The molecule has 1 aliphatic heterocycles. The van der Waals surface area contributed by atoms with Gasteiger partial charge in [0.15, 0.2) is 0 Å². The zero-order valence-electron chi connectivity index (χ0n) is 7.53. The van der Waals surface area contributed by atoms with Crippen molar-refractivity contribution in [3.8, 4) is 0 Å². The highest BCUT2D eigenvalue weighted by atomic mass is 32.1. The fourth-order valence-corrected chi connectivity index (χ4v) is 2.31. The second-order valence-electron chi connectivity index (χ2n) is 3.09. The van der Waals surface area contributed by atoms with E-state index in [0.29, 0.717) is 11.5 Å². The minimum absolute atomic E-state index is 0.154. The molecule has 0 amide bonds. The van der Waals surface area contributed by atoms with Crippen molar-refractivity contribution in [1.82, 2.24) is 5.32 Å². The van der Waals surface area contributed by atoms with Gasteiger partial charge in [-0.3, -0.25) is 0 Å². The van der Waals surface area contributed by atoms with Crippen LogP contribution in [-0.4, -0.2) is 30.8 Å². The number of nitrogens with one attached hydrogen (secondary N) is 1. The quantitative estimate of drug-likeness (QED) is 0.772. The average Bonchev–Trinajstić information content (AvgIpc) is 2.68. The third-order valence-electron chi connectivity index (χ3n) is 2.10. The van der Waals surface area contributed by atoms with Crippen LogP contribution in [0.2, 0.25) is 0 Å². The lowest BCUT2D eigenvalue weighted by molar-refractivity contribution is 0.0702. The van der Waals surface area contributed by atoms with Gasteiger partial charge in [-0.15, -0.1) is 11.3 Å². The maximum absolute atomic E-state index is 10.7. The van der Waals surface area contributed by atoms with Gasteiger partial charge in [-0.05, 0) is 12.1 Å². The van der Waals surface area contributed by atoms with Gasteiger partial charge in [-0.25, -0.2) is 4.79 Å². The highest BCUT2D eigenvalue weighted by molar-refractivity contribution is 7.14. The maximum atomic E-state index is 10.7. The van der Waals surface area contributed by atoms with Gasteiger partial charge in [0.1, 0.15) is 4.88 Å². The molecule has 0 bridgehead atoms. The Labute approximate surface area is 85.5 Å². The standard InChI is InChI=1S/C9H11NO3S/c11-9(12)8-2-1-7(14-8)6-5-13-4-3-10-6/h1-2,6,10H,3-5H2,(H,11,12)/t6-/m0/s1. The summed E-state index contributed by atoms with van der Waals surface area (Å²) in [6.07, 6.45) is 0. The van der Waals surface area contributed by atoms with E-state index in [1.54, 1.807) is 6.07 Å². The summed E-state index contributed by atoms with van der Waals surface area (Å²) in [7, 11) is 0. The summed E-state index contributed by atoms with van der Waals surface area (Å²) in [6, 6.07) is 3.64. The summed E-state index contributed by atoms with van der Waals surface area (Å²) in [6.45, 7) is 2.18. The monoisotopic (exact) mass is 213 g/mol. The minimum atomic E-state index is -0.863. The van der Waals surface area contributed by atoms with Gasteiger partial charge >= 0.3 is 5.97 Å². The molecule has 76 valence electrons. The zero-order valence-corrected chi connectivity index (χ0v) is 8.34. The first-order chi connectivity index (χ1) is 6.77. The lowest BCUT2D eigenvalue weighted by atomic mass is 10.2. The lowest BCUT2D eigenvalue weighted by Crippen LogP contribution is -2.33. The number of hydrogen-bond acceptors (Lipinski definition) is 4. The molecular weight excluding hydrogens is 202 g/mol. The Morgan fingerprint density at radius 2 is 2.50 bits per heavy atom. The molecule has 1 atom stereocenters. The van der Waals surface area contributed by atoms with E-state index in [2.05, 4.69) is 5.32 Å². The van der Waals surface area contributed by atoms with Gasteiger partial charge in [-0.1, -0.05) is 0 Å². The molecule has 1 saturated heterocycles. The van der Waals surface area contributed by atoms with Crippen LogP contribution < -0.4 is 5.32 Å². The fourth-order valence-electron chi connectivity index (χ4n) is 1.40. The van der Waals surface area contributed by atoms with Gasteiger partial charge in [0.25, 0.3) is 0 Å². The smallest absolute Gasteiger partial charge is 0.345 e. The summed E-state index contributed by atoms with van der Waals surface area (Å²) in [5.41, 5.74) is 0. The Morgan fingerprint density at radius 3 is 3.07 bits per heavy atom. The van der Waals surface area contributed by atoms with E-state index in [-0.39, 0.29) is 6.04 Å². The molecule has 0 spiro atoms. The van der Waals surface area contributed by atoms with Crippen LogP contribution in [-0.2, 0) is 4.74 Å². The molecule has 1 aliphatic rings. The molecule has 1 aromatic rings. The number of aromatic carboxylic acids is 1. The van der Waals surface area contributed by atoms with Crippen molar-refractivity contribution in [3.63, 3.8) is 0 Å². The highest BCUT2D eigenvalue weighted by Gasteiger charge is 2.18. The van der Waals surface area contributed by atoms with Crippen LogP contribution in [0.3, 0.4) is 0 Å². The first-order valence-corrected chi connectivity index (χ1v) is 5.23. The molecule has 5 heteroatoms. The van der Waals surface area contributed by atoms with E-state index in [9.17, 15) is 4.79 Å². The molecule has 0 aromatic carbocycles. The third kappa shape index (κ3) is 1.95. The molecular formula is C9H11NO3S. The van der Waals surface area contributed by atoms with Crippen LogP contribution in [0.15, 0.2) is 12.1 Å². The van der Waals surface area contributed by atoms with Crippen molar-refractivity contribution in [3.05, 3.63) is 21.9 Å². The van der Waals surface area contributed by atoms with Crippen molar-refractivity contribution >= 4 is 17.3 Å². The number of carbonyl (C=O) groups is 1. The first kappa shape index (κ1) is 9.64. The van der Waals surface area contributed by atoms with Crippen LogP contribution in [0.1, 0.15) is 20.6 Å². The molecule has 2 N–H and O–H groups in total. The molecule has 2 heterocycles. The van der Waals surface area contributed by atoms with Crippen LogP contribution in [0.5, 0.6) is 0 Å². The topological polar surface area (TPSA) is 58.6 Å². The van der Waals surface area contributed by atoms with E-state index in [4.69, 9.17) is 9.84 Å². The Bertz CT molecular complexity index is 331. The van der Waals surface area contributed by atoms with Crippen LogP contribution >= 0.6 is 11.3 Å². The van der Waals surface area contributed by atoms with Crippen molar-refractivity contribution < 1.29 is 14.6 Å². The van der Waals surface area contributed by atoms with E-state index in [0.717, 1.165) is 18.0 Å². The lowest BCUT2D eigenvalue weighted by Gasteiger charge is -2.22. The van der Waals surface area contributed by atoms with Crippen LogP contribution in [0.4, 0.5) is 0 Å². The number of morpholine rings is 1. The maximum Gasteiger partial charge on any atom is 0.345 e. The molecule has 0 radical (unpaired) electrons. The van der Waals surface area contributed by atoms with E-state index >= 15 is 0 Å². The van der Waals surface area contributed by atoms with Gasteiger partial charge in [-0.2, -0.15) is 0 Å². The third-order valence-corrected chi connectivity index (χ3v) is 3.29. The Balaban J connectivity index is 2.11. The van der Waals surface area contributed by atoms with Gasteiger partial charge in [0.2, 0.25) is 0 Å². The summed E-state index contributed by atoms with van der Waals surface area (Å²) in [4.78, 5) is 12.1. The number of hydrogen-bond donors (Lipinski definition) is 2. The summed E-state index contributed by atoms with van der Waals surface area (Å²) in [5.74, 6) is -0.863. The van der Waals surface area contributed by atoms with Gasteiger partial charge in [0, 0.05) is 11.4 Å². The van der Waals surface area contributed by atoms with Crippen molar-refractivity contribution in [2.75, 3.05) is 19.8 Å². The molecule has 14 heavy (non-hydrogen) atoms. The Morgan fingerprint density at radius 1 is 1.64 bits per heavy atom.